The Morgan fingerprint density at radius 3 is 2.71 bits per heavy atom. The molecule has 1 aromatic heterocycles. The highest BCUT2D eigenvalue weighted by atomic mass is 16.4. The van der Waals surface area contributed by atoms with Crippen LogP contribution in [-0.2, 0) is 6.54 Å². The number of nitrogens with zero attached hydrogens (tertiary/aromatic N) is 3. The van der Waals surface area contributed by atoms with E-state index in [1.807, 2.05) is 7.05 Å². The van der Waals surface area contributed by atoms with Crippen molar-refractivity contribution < 1.29 is 9.52 Å². The summed E-state index contributed by atoms with van der Waals surface area (Å²) in [6.45, 7) is 0.596. The minimum Gasteiger partial charge on any atom is -0.407 e. The summed E-state index contributed by atoms with van der Waals surface area (Å²) in [5.74, 6) is 0.619. The normalized spacial score (nSPS) is 32.1. The molecule has 6 nitrogen and oxygen atoms in total. The van der Waals surface area contributed by atoms with E-state index in [2.05, 4.69) is 20.4 Å². The van der Waals surface area contributed by atoms with Crippen molar-refractivity contribution in [2.24, 2.45) is 0 Å². The van der Waals surface area contributed by atoms with Gasteiger partial charge in [-0.1, -0.05) is 5.10 Å². The Kier molecular flexibility index (Phi) is 2.76. The zero-order valence-corrected chi connectivity index (χ0v) is 9.96. The summed E-state index contributed by atoms with van der Waals surface area (Å²) in [4.78, 5) is 2.21. The third-order valence-electron chi connectivity index (χ3n) is 3.71. The highest BCUT2D eigenvalue weighted by molar-refractivity contribution is 5.33. The van der Waals surface area contributed by atoms with Gasteiger partial charge in [-0.3, -0.25) is 0 Å². The first kappa shape index (κ1) is 11.0. The third kappa shape index (κ3) is 1.91. The fraction of sp³-hybridized carbons (Fsp3) is 0.818. The molecule has 2 unspecified atom stereocenters. The number of aromatic nitrogens is 2. The van der Waals surface area contributed by atoms with E-state index in [1.54, 1.807) is 0 Å². The zero-order valence-electron chi connectivity index (χ0n) is 9.96. The van der Waals surface area contributed by atoms with E-state index in [-0.39, 0.29) is 6.10 Å². The summed E-state index contributed by atoms with van der Waals surface area (Å²) in [5, 5.41) is 20.9. The van der Waals surface area contributed by atoms with E-state index in [4.69, 9.17) is 4.42 Å². The van der Waals surface area contributed by atoms with Crippen molar-refractivity contribution in [3.63, 3.8) is 0 Å². The van der Waals surface area contributed by atoms with E-state index in [0.717, 1.165) is 25.7 Å². The Morgan fingerprint density at radius 1 is 1.35 bits per heavy atom. The van der Waals surface area contributed by atoms with Gasteiger partial charge >= 0.3 is 6.01 Å². The Labute approximate surface area is 100 Å². The third-order valence-corrected chi connectivity index (χ3v) is 3.71. The second kappa shape index (κ2) is 4.27. The van der Waals surface area contributed by atoms with Gasteiger partial charge in [-0.2, -0.15) is 0 Å². The van der Waals surface area contributed by atoms with Gasteiger partial charge in [-0.15, -0.1) is 5.10 Å². The monoisotopic (exact) mass is 238 g/mol. The van der Waals surface area contributed by atoms with Crippen molar-refractivity contribution in [1.82, 2.24) is 15.5 Å². The molecule has 0 aromatic carbocycles. The van der Waals surface area contributed by atoms with E-state index in [1.165, 1.54) is 0 Å². The van der Waals surface area contributed by atoms with E-state index in [0.29, 0.717) is 30.5 Å². The first-order chi connectivity index (χ1) is 8.28. The second-order valence-corrected chi connectivity index (χ2v) is 4.93. The lowest BCUT2D eigenvalue weighted by atomic mass is 10.0. The summed E-state index contributed by atoms with van der Waals surface area (Å²) in [6.07, 6.45) is 3.71. The summed E-state index contributed by atoms with van der Waals surface area (Å²) in [7, 11) is 1.85. The molecule has 17 heavy (non-hydrogen) atoms. The van der Waals surface area contributed by atoms with E-state index < -0.39 is 0 Å². The molecule has 0 spiro atoms. The van der Waals surface area contributed by atoms with Crippen LogP contribution in [-0.4, -0.2) is 40.5 Å². The number of aliphatic hydroxyl groups is 1. The molecule has 2 fully saturated rings. The fourth-order valence-electron chi connectivity index (χ4n) is 3.03. The Hall–Kier alpha value is -1.14. The van der Waals surface area contributed by atoms with Gasteiger partial charge < -0.3 is 19.7 Å². The first-order valence-corrected chi connectivity index (χ1v) is 6.21. The standard InChI is InChI=1S/C11H18N4O2/c1-12-6-10-13-14-11(17-10)15-7-2-3-8(15)5-9(16)4-7/h7-9,12,16H,2-6H2,1H3. The molecule has 2 saturated heterocycles. The molecule has 3 heterocycles. The predicted molar refractivity (Wildman–Crippen MR) is 61.6 cm³/mol. The van der Waals surface area contributed by atoms with Gasteiger partial charge in [0.2, 0.25) is 5.89 Å². The quantitative estimate of drug-likeness (QED) is 0.788. The molecule has 2 aliphatic heterocycles. The van der Waals surface area contributed by atoms with Crippen LogP contribution in [0.3, 0.4) is 0 Å². The van der Waals surface area contributed by atoms with Gasteiger partial charge in [0, 0.05) is 12.1 Å². The van der Waals surface area contributed by atoms with Gasteiger partial charge in [0.25, 0.3) is 0 Å². The first-order valence-electron chi connectivity index (χ1n) is 6.21. The van der Waals surface area contributed by atoms with Gasteiger partial charge in [0.05, 0.1) is 12.6 Å². The molecule has 0 amide bonds. The maximum atomic E-state index is 9.74. The summed E-state index contributed by atoms with van der Waals surface area (Å²) in [6, 6.07) is 1.35. The van der Waals surface area contributed by atoms with Gasteiger partial charge in [0.1, 0.15) is 0 Å². The van der Waals surface area contributed by atoms with Crippen molar-refractivity contribution in [2.75, 3.05) is 11.9 Å². The summed E-state index contributed by atoms with van der Waals surface area (Å²) >= 11 is 0. The number of nitrogens with one attached hydrogen (secondary N) is 1. The minimum absolute atomic E-state index is 0.163. The number of hydrogen-bond acceptors (Lipinski definition) is 6. The van der Waals surface area contributed by atoms with Crippen LogP contribution in [0, 0.1) is 0 Å². The smallest absolute Gasteiger partial charge is 0.318 e. The second-order valence-electron chi connectivity index (χ2n) is 4.93. The van der Waals surface area contributed by atoms with Gasteiger partial charge in [-0.25, -0.2) is 0 Å². The number of hydrogen-bond donors (Lipinski definition) is 2. The fourth-order valence-corrected chi connectivity index (χ4v) is 3.03. The maximum absolute atomic E-state index is 9.74. The number of fused-ring (bicyclic) bond motifs is 2. The molecule has 3 rings (SSSR count). The Morgan fingerprint density at radius 2 is 2.06 bits per heavy atom. The lowest BCUT2D eigenvalue weighted by Gasteiger charge is -2.35. The number of anilines is 1. The largest absolute Gasteiger partial charge is 0.407 e. The number of rotatable bonds is 3. The minimum atomic E-state index is -0.163. The molecule has 0 radical (unpaired) electrons. The molecule has 2 N–H and O–H groups in total. The average Bonchev–Trinajstić information content (AvgIpc) is 2.83. The van der Waals surface area contributed by atoms with Crippen molar-refractivity contribution in [2.45, 2.75) is 50.4 Å². The van der Waals surface area contributed by atoms with E-state index in [9.17, 15) is 5.11 Å². The number of aliphatic hydroxyl groups excluding tert-OH is 1. The highest BCUT2D eigenvalue weighted by Gasteiger charge is 2.42. The molecule has 6 heteroatoms. The SMILES string of the molecule is CNCc1nnc(N2C3CCC2CC(O)C3)o1. The average molecular weight is 238 g/mol. The van der Waals surface area contributed by atoms with Crippen molar-refractivity contribution in [1.29, 1.82) is 0 Å². The van der Waals surface area contributed by atoms with Crippen molar-refractivity contribution >= 4 is 6.01 Å². The lowest BCUT2D eigenvalue weighted by molar-refractivity contribution is 0.124. The molecular formula is C11H18N4O2. The molecule has 94 valence electrons. The molecule has 2 aliphatic rings. The molecule has 0 saturated carbocycles. The molecule has 2 atom stereocenters. The topological polar surface area (TPSA) is 74.4 Å². The number of piperidine rings is 1. The van der Waals surface area contributed by atoms with Crippen LogP contribution in [0.2, 0.25) is 0 Å². The van der Waals surface area contributed by atoms with Crippen LogP contribution in [0.5, 0.6) is 0 Å². The van der Waals surface area contributed by atoms with Crippen molar-refractivity contribution in [3.8, 4) is 0 Å². The van der Waals surface area contributed by atoms with Crippen LogP contribution in [0.1, 0.15) is 31.6 Å². The highest BCUT2D eigenvalue weighted by Crippen LogP contribution is 2.38. The van der Waals surface area contributed by atoms with Crippen LogP contribution >= 0.6 is 0 Å². The predicted octanol–water partition coefficient (Wildman–Crippen LogP) is 0.281. The van der Waals surface area contributed by atoms with E-state index >= 15 is 0 Å². The molecule has 0 aliphatic carbocycles. The van der Waals surface area contributed by atoms with Crippen LogP contribution in [0.25, 0.3) is 0 Å². The van der Waals surface area contributed by atoms with Gasteiger partial charge in [0.15, 0.2) is 0 Å². The van der Waals surface area contributed by atoms with Crippen LogP contribution in [0.15, 0.2) is 4.42 Å². The summed E-state index contributed by atoms with van der Waals surface area (Å²) in [5.41, 5.74) is 0. The maximum Gasteiger partial charge on any atom is 0.318 e. The summed E-state index contributed by atoms with van der Waals surface area (Å²) < 4.78 is 5.64. The zero-order chi connectivity index (χ0) is 11.8. The molecule has 1 aromatic rings. The van der Waals surface area contributed by atoms with Gasteiger partial charge in [-0.05, 0) is 32.7 Å². The lowest BCUT2D eigenvalue weighted by Crippen LogP contribution is -2.45. The van der Waals surface area contributed by atoms with Crippen LogP contribution < -0.4 is 10.2 Å². The van der Waals surface area contributed by atoms with Crippen LogP contribution in [0.4, 0.5) is 6.01 Å². The Balaban J connectivity index is 1.79. The molecular weight excluding hydrogens is 220 g/mol. The molecule has 2 bridgehead atoms. The van der Waals surface area contributed by atoms with Crippen molar-refractivity contribution in [3.05, 3.63) is 5.89 Å². The Bertz CT molecular complexity index is 381.